The molecule has 2 heterocycles. The van der Waals surface area contributed by atoms with Crippen LogP contribution in [-0.4, -0.2) is 31.4 Å². The maximum absolute atomic E-state index is 13.1. The van der Waals surface area contributed by atoms with Crippen LogP contribution in [0.4, 0.5) is 0 Å². The minimum Gasteiger partial charge on any atom is -0.267 e. The van der Waals surface area contributed by atoms with Crippen molar-refractivity contribution in [3.63, 3.8) is 0 Å². The highest BCUT2D eigenvalue weighted by molar-refractivity contribution is 6.06. The van der Waals surface area contributed by atoms with Crippen LogP contribution in [0.15, 0.2) is 95.9 Å². The van der Waals surface area contributed by atoms with Gasteiger partial charge in [-0.3, -0.25) is 25.2 Å². The zero-order chi connectivity index (χ0) is 24.4. The topological polar surface area (TPSA) is 111 Å². The number of para-hydroxylation sites is 1. The molecule has 9 nitrogen and oxygen atoms in total. The van der Waals surface area contributed by atoms with Crippen molar-refractivity contribution in [1.82, 2.24) is 30.4 Å². The smallest absolute Gasteiger partial charge is 0.267 e. The molecule has 0 saturated carbocycles. The van der Waals surface area contributed by atoms with Gasteiger partial charge in [0.2, 0.25) is 0 Å². The number of nitrogens with zero attached hydrogens (tertiary/aromatic N) is 4. The summed E-state index contributed by atoms with van der Waals surface area (Å²) in [5, 5.41) is 9.45. The number of nitrogens with one attached hydrogen (secondary N) is 2. The lowest BCUT2D eigenvalue weighted by atomic mass is 10.1. The molecule has 0 bridgehead atoms. The average Bonchev–Trinajstić information content (AvgIpc) is 3.36. The third-order valence-corrected chi connectivity index (χ3v) is 5.49. The molecule has 35 heavy (non-hydrogen) atoms. The number of fused-ring (bicyclic) bond motifs is 1. The predicted molar refractivity (Wildman–Crippen MR) is 131 cm³/mol. The van der Waals surface area contributed by atoms with E-state index in [2.05, 4.69) is 21.0 Å². The SMILES string of the molecule is Cn1nc(C(=O)NNC(=O)c2cn(-c3ccccc3)nc2-c2ccccc2)c2ccccc2c1=O. The zero-order valence-corrected chi connectivity index (χ0v) is 18.7. The van der Waals surface area contributed by atoms with Crippen LogP contribution in [0.3, 0.4) is 0 Å². The zero-order valence-electron chi connectivity index (χ0n) is 18.7. The number of benzene rings is 3. The summed E-state index contributed by atoms with van der Waals surface area (Å²) in [6.07, 6.45) is 1.61. The quantitative estimate of drug-likeness (QED) is 0.398. The van der Waals surface area contributed by atoms with Crippen LogP contribution in [0, 0.1) is 0 Å². The molecule has 5 aromatic rings. The van der Waals surface area contributed by atoms with Gasteiger partial charge in [0.15, 0.2) is 5.69 Å². The van der Waals surface area contributed by atoms with Crippen molar-refractivity contribution in [3.05, 3.63) is 113 Å². The second kappa shape index (κ2) is 9.06. The first-order valence-electron chi connectivity index (χ1n) is 10.8. The summed E-state index contributed by atoms with van der Waals surface area (Å²) in [5.41, 5.74) is 6.85. The van der Waals surface area contributed by atoms with E-state index in [-0.39, 0.29) is 16.8 Å². The molecule has 2 aromatic heterocycles. The number of rotatable bonds is 4. The minimum absolute atomic E-state index is 0.0197. The number of hydrogen-bond donors (Lipinski definition) is 2. The fourth-order valence-corrected chi connectivity index (χ4v) is 3.77. The lowest BCUT2D eigenvalue weighted by molar-refractivity contribution is 0.0844. The molecule has 0 saturated heterocycles. The molecular weight excluding hydrogens is 444 g/mol. The monoisotopic (exact) mass is 464 g/mol. The van der Waals surface area contributed by atoms with E-state index in [9.17, 15) is 14.4 Å². The molecular formula is C26H20N6O3. The molecule has 0 unspecified atom stereocenters. The molecule has 2 N–H and O–H groups in total. The van der Waals surface area contributed by atoms with Gasteiger partial charge in [-0.15, -0.1) is 0 Å². The summed E-state index contributed by atoms with van der Waals surface area (Å²) in [4.78, 5) is 38.4. The first-order chi connectivity index (χ1) is 17.0. The molecule has 0 atom stereocenters. The number of aryl methyl sites for hydroxylation is 1. The molecule has 0 aliphatic heterocycles. The minimum atomic E-state index is -0.651. The molecule has 0 fully saturated rings. The average molecular weight is 464 g/mol. The van der Waals surface area contributed by atoms with Gasteiger partial charge in [-0.05, 0) is 18.2 Å². The Hall–Kier alpha value is -5.05. The van der Waals surface area contributed by atoms with Crippen LogP contribution < -0.4 is 16.4 Å². The van der Waals surface area contributed by atoms with Gasteiger partial charge in [0.1, 0.15) is 5.69 Å². The van der Waals surface area contributed by atoms with Crippen LogP contribution in [0.5, 0.6) is 0 Å². The van der Waals surface area contributed by atoms with Crippen LogP contribution in [0.1, 0.15) is 20.8 Å². The highest BCUT2D eigenvalue weighted by Gasteiger charge is 2.21. The van der Waals surface area contributed by atoms with Gasteiger partial charge >= 0.3 is 0 Å². The lowest BCUT2D eigenvalue weighted by Gasteiger charge is -2.10. The Kier molecular flexibility index (Phi) is 5.64. The van der Waals surface area contributed by atoms with Gasteiger partial charge < -0.3 is 0 Å². The van der Waals surface area contributed by atoms with Crippen LogP contribution in [0.25, 0.3) is 27.7 Å². The summed E-state index contributed by atoms with van der Waals surface area (Å²) in [5.74, 6) is -1.20. The molecule has 2 amide bonds. The van der Waals surface area contributed by atoms with E-state index >= 15 is 0 Å². The van der Waals surface area contributed by atoms with Crippen molar-refractivity contribution in [3.8, 4) is 16.9 Å². The van der Waals surface area contributed by atoms with E-state index < -0.39 is 11.8 Å². The lowest BCUT2D eigenvalue weighted by Crippen LogP contribution is -2.42. The van der Waals surface area contributed by atoms with Crippen molar-refractivity contribution in [1.29, 1.82) is 0 Å². The first kappa shape index (κ1) is 21.8. The molecule has 0 aliphatic rings. The molecule has 0 radical (unpaired) electrons. The first-order valence-corrected chi connectivity index (χ1v) is 10.8. The van der Waals surface area contributed by atoms with Crippen molar-refractivity contribution < 1.29 is 9.59 Å². The molecule has 0 spiro atoms. The van der Waals surface area contributed by atoms with E-state index in [4.69, 9.17) is 0 Å². The number of hydrazine groups is 1. The van der Waals surface area contributed by atoms with Crippen LogP contribution in [0.2, 0.25) is 0 Å². The second-order valence-electron chi connectivity index (χ2n) is 7.77. The van der Waals surface area contributed by atoms with E-state index in [1.54, 1.807) is 35.1 Å². The summed E-state index contributed by atoms with van der Waals surface area (Å²) in [7, 11) is 1.47. The van der Waals surface area contributed by atoms with E-state index in [1.165, 1.54) is 7.05 Å². The number of amides is 2. The predicted octanol–water partition coefficient (Wildman–Crippen LogP) is 2.86. The van der Waals surface area contributed by atoms with Crippen LogP contribution >= 0.6 is 0 Å². The highest BCUT2D eigenvalue weighted by atomic mass is 16.2. The van der Waals surface area contributed by atoms with Gasteiger partial charge in [0, 0.05) is 24.2 Å². The van der Waals surface area contributed by atoms with Gasteiger partial charge in [-0.25, -0.2) is 9.36 Å². The number of carbonyl (C=O) groups excluding carboxylic acids is 2. The normalized spacial score (nSPS) is 10.8. The molecule has 0 aliphatic carbocycles. The maximum Gasteiger partial charge on any atom is 0.290 e. The van der Waals surface area contributed by atoms with E-state index in [0.717, 1.165) is 15.9 Å². The Morgan fingerprint density at radius 3 is 2.06 bits per heavy atom. The Morgan fingerprint density at radius 1 is 0.743 bits per heavy atom. The Bertz CT molecular complexity index is 1610. The number of hydrogen-bond acceptors (Lipinski definition) is 5. The van der Waals surface area contributed by atoms with Crippen molar-refractivity contribution in [2.24, 2.45) is 7.05 Å². The Labute approximate surface area is 199 Å². The molecule has 9 heteroatoms. The Balaban J connectivity index is 1.45. The van der Waals surface area contributed by atoms with Gasteiger partial charge in [-0.2, -0.15) is 10.2 Å². The van der Waals surface area contributed by atoms with Crippen molar-refractivity contribution >= 4 is 22.6 Å². The summed E-state index contributed by atoms with van der Waals surface area (Å²) in [6.45, 7) is 0. The molecule has 172 valence electrons. The summed E-state index contributed by atoms with van der Waals surface area (Å²) < 4.78 is 2.71. The Morgan fingerprint density at radius 2 is 1.34 bits per heavy atom. The van der Waals surface area contributed by atoms with Crippen LogP contribution in [-0.2, 0) is 7.05 Å². The number of carbonyl (C=O) groups is 2. The molecule has 5 rings (SSSR count). The van der Waals surface area contributed by atoms with E-state index in [0.29, 0.717) is 16.5 Å². The van der Waals surface area contributed by atoms with Gasteiger partial charge in [-0.1, -0.05) is 66.7 Å². The number of aromatic nitrogens is 4. The van der Waals surface area contributed by atoms with Gasteiger partial charge in [0.05, 0.1) is 16.6 Å². The fraction of sp³-hybridized carbons (Fsp3) is 0.0385. The van der Waals surface area contributed by atoms with Gasteiger partial charge in [0.25, 0.3) is 17.4 Å². The van der Waals surface area contributed by atoms with Crippen molar-refractivity contribution in [2.75, 3.05) is 0 Å². The van der Waals surface area contributed by atoms with Crippen molar-refractivity contribution in [2.45, 2.75) is 0 Å². The molecule has 3 aromatic carbocycles. The summed E-state index contributed by atoms with van der Waals surface area (Å²) in [6, 6.07) is 25.4. The third kappa shape index (κ3) is 4.18. The van der Waals surface area contributed by atoms with E-state index in [1.807, 2.05) is 60.7 Å². The summed E-state index contributed by atoms with van der Waals surface area (Å²) >= 11 is 0. The third-order valence-electron chi connectivity index (χ3n) is 5.49. The largest absolute Gasteiger partial charge is 0.290 e. The second-order valence-corrected chi connectivity index (χ2v) is 7.77. The highest BCUT2D eigenvalue weighted by Crippen LogP contribution is 2.23. The fourth-order valence-electron chi connectivity index (χ4n) is 3.77. The maximum atomic E-state index is 13.1. The standard InChI is InChI=1S/C26H20N6O3/c1-31-26(35)20-15-9-8-14-19(20)23(29-31)25(34)28-27-24(33)21-16-32(18-12-6-3-7-13-18)30-22(21)17-10-4-2-5-11-17/h2-16H,1H3,(H,27,33)(H,28,34).